The molecule has 2 aromatic carbocycles. The van der Waals surface area contributed by atoms with Crippen molar-refractivity contribution < 1.29 is 38.0 Å². The second-order valence-corrected chi connectivity index (χ2v) is 16.5. The number of hydrogen-bond acceptors (Lipinski definition) is 20. The van der Waals surface area contributed by atoms with E-state index >= 15 is 0 Å². The molecular formula is C50H61ClN16O8. The van der Waals surface area contributed by atoms with Gasteiger partial charge in [0, 0.05) is 43.2 Å². The molecule has 6 aromatic heterocycles. The van der Waals surface area contributed by atoms with Crippen molar-refractivity contribution in [2.45, 2.75) is 52.6 Å². The first kappa shape index (κ1) is 55.5. The molecular weight excluding hydrogens is 988 g/mol. The number of fused-ring (bicyclic) bond motifs is 2. The van der Waals surface area contributed by atoms with Gasteiger partial charge in [-0.3, -0.25) is 9.59 Å². The summed E-state index contributed by atoms with van der Waals surface area (Å²) >= 11 is 6.02. The predicted octanol–water partition coefficient (Wildman–Crippen LogP) is 6.56. The topological polar surface area (TPSA) is 294 Å². The third-order valence-electron chi connectivity index (χ3n) is 11.7. The van der Waals surface area contributed by atoms with Crippen molar-refractivity contribution in [3.63, 3.8) is 0 Å². The van der Waals surface area contributed by atoms with Crippen LogP contribution in [0.4, 0.5) is 29.2 Å². The van der Waals surface area contributed by atoms with Gasteiger partial charge >= 0.3 is 0 Å². The third-order valence-corrected chi connectivity index (χ3v) is 11.9. The van der Waals surface area contributed by atoms with E-state index in [2.05, 4.69) is 50.8 Å². The van der Waals surface area contributed by atoms with E-state index in [0.717, 1.165) is 48.0 Å². The number of methoxy groups -OCH3 is 6. The highest BCUT2D eigenvalue weighted by atomic mass is 35.5. The lowest BCUT2D eigenvalue weighted by Crippen LogP contribution is -2.41. The van der Waals surface area contributed by atoms with Crippen LogP contribution in [0.2, 0.25) is 5.28 Å². The Hall–Kier alpha value is -8.77. The monoisotopic (exact) mass is 1050 g/mol. The van der Waals surface area contributed by atoms with E-state index in [1.807, 2.05) is 62.7 Å². The maximum Gasteiger partial charge on any atom is 0.240 e. The number of benzene rings is 2. The van der Waals surface area contributed by atoms with Crippen LogP contribution in [0.3, 0.4) is 0 Å². The molecule has 7 N–H and O–H groups in total. The van der Waals surface area contributed by atoms with Crippen molar-refractivity contribution >= 4 is 74.7 Å². The van der Waals surface area contributed by atoms with Crippen LogP contribution < -0.4 is 60.7 Å². The predicted molar refractivity (Wildman–Crippen MR) is 286 cm³/mol. The highest BCUT2D eigenvalue weighted by Crippen LogP contribution is 2.41. The summed E-state index contributed by atoms with van der Waals surface area (Å²) in [6, 6.07) is 14.2. The Balaban J connectivity index is 0.000000210. The molecule has 396 valence electrons. The first-order valence-corrected chi connectivity index (χ1v) is 23.1. The maximum absolute atomic E-state index is 11.9. The van der Waals surface area contributed by atoms with Gasteiger partial charge in [-0.25, -0.2) is 19.9 Å². The number of ether oxygens (including phenoxy) is 6. The van der Waals surface area contributed by atoms with E-state index in [9.17, 15) is 9.59 Å². The Morgan fingerprint density at radius 2 is 1.13 bits per heavy atom. The number of carbonyl (C=O) groups is 2. The number of nitrogens with two attached hydrogens (primary N) is 2. The highest BCUT2D eigenvalue weighted by Gasteiger charge is 2.32. The Kier molecular flexibility index (Phi) is 18.7. The van der Waals surface area contributed by atoms with E-state index in [0.29, 0.717) is 88.0 Å². The number of anilines is 5. The van der Waals surface area contributed by atoms with Crippen LogP contribution in [-0.4, -0.2) is 129 Å². The smallest absolute Gasteiger partial charge is 0.240 e. The number of primary amides is 2. The van der Waals surface area contributed by atoms with Crippen LogP contribution in [0.15, 0.2) is 86.0 Å². The number of nitrogens with zero attached hydrogens (tertiary/aromatic N) is 11. The molecule has 24 nitrogen and oxygen atoms in total. The van der Waals surface area contributed by atoms with Crippen molar-refractivity contribution in [3.05, 3.63) is 91.3 Å². The summed E-state index contributed by atoms with van der Waals surface area (Å²) in [6.45, 7) is 1.58. The van der Waals surface area contributed by atoms with Gasteiger partial charge in [-0.15, -0.1) is 0 Å². The largest absolute Gasteiger partial charge is 0.493 e. The minimum Gasteiger partial charge on any atom is -0.493 e. The molecule has 0 saturated carbocycles. The third kappa shape index (κ3) is 12.5. The van der Waals surface area contributed by atoms with Gasteiger partial charge in [-0.1, -0.05) is 14.9 Å². The summed E-state index contributed by atoms with van der Waals surface area (Å²) in [5, 5.41) is 11.0. The lowest BCUT2D eigenvalue weighted by atomic mass is 10.2. The normalized spacial score (nSPS) is 14.5. The molecule has 2 aliphatic rings. The summed E-state index contributed by atoms with van der Waals surface area (Å²) < 4.78 is 36.2. The van der Waals surface area contributed by atoms with E-state index in [1.54, 1.807) is 80.0 Å². The molecule has 8 aromatic rings. The fraction of sp³-hybridized carbons (Fsp3) is 0.320. The molecule has 2 amide bonds. The van der Waals surface area contributed by atoms with Crippen molar-refractivity contribution in [2.24, 2.45) is 11.5 Å². The van der Waals surface area contributed by atoms with E-state index < -0.39 is 11.9 Å². The van der Waals surface area contributed by atoms with Crippen LogP contribution in [0, 0.1) is 0 Å². The summed E-state index contributed by atoms with van der Waals surface area (Å²) in [6.07, 6.45) is 13.7. The molecule has 2 fully saturated rings. The summed E-state index contributed by atoms with van der Waals surface area (Å²) in [4.78, 5) is 59.3. The van der Waals surface area contributed by atoms with E-state index in [1.165, 1.54) is 0 Å². The molecule has 0 spiro atoms. The zero-order valence-electron chi connectivity index (χ0n) is 40.7. The molecule has 10 rings (SSSR count). The van der Waals surface area contributed by atoms with Gasteiger partial charge in [0.05, 0.1) is 83.2 Å². The van der Waals surface area contributed by atoms with Crippen molar-refractivity contribution in [2.75, 3.05) is 71.3 Å². The van der Waals surface area contributed by atoms with Gasteiger partial charge in [-0.2, -0.15) is 19.9 Å². The molecule has 2 aliphatic heterocycles. The molecule has 0 unspecified atom stereocenters. The second kappa shape index (κ2) is 25.3. The van der Waals surface area contributed by atoms with Crippen LogP contribution in [0.5, 0.6) is 34.5 Å². The zero-order chi connectivity index (χ0) is 51.6. The van der Waals surface area contributed by atoms with Crippen LogP contribution in [0.25, 0.3) is 33.4 Å². The van der Waals surface area contributed by atoms with Gasteiger partial charge in [-0.05, 0) is 68.1 Å². The summed E-state index contributed by atoms with van der Waals surface area (Å²) in [5.41, 5.74) is 13.2. The average Bonchev–Trinajstić information content (AvgIpc) is 4.28. The summed E-state index contributed by atoms with van der Waals surface area (Å²) in [7, 11) is 9.39. The molecule has 0 bridgehead atoms. The fourth-order valence-electron chi connectivity index (χ4n) is 8.17. The number of hydrogen-bond donors (Lipinski definition) is 5. The Labute approximate surface area is 438 Å². The maximum atomic E-state index is 11.9. The zero-order valence-corrected chi connectivity index (χ0v) is 41.5. The number of aromatic nitrogens is 10. The lowest BCUT2D eigenvalue weighted by molar-refractivity contribution is -0.120. The second-order valence-electron chi connectivity index (χ2n) is 16.1. The van der Waals surface area contributed by atoms with Crippen molar-refractivity contribution in [1.82, 2.24) is 54.3 Å². The van der Waals surface area contributed by atoms with Gasteiger partial charge < -0.3 is 69.9 Å². The molecule has 8 heterocycles. The highest BCUT2D eigenvalue weighted by molar-refractivity contribution is 6.28. The Bertz CT molecular complexity index is 3190. The minimum atomic E-state index is -0.446. The number of rotatable bonds is 15. The lowest BCUT2D eigenvalue weighted by Gasteiger charge is -2.22. The molecule has 75 heavy (non-hydrogen) atoms. The quantitative estimate of drug-likeness (QED) is 0.0679. The van der Waals surface area contributed by atoms with Crippen molar-refractivity contribution in [1.29, 1.82) is 0 Å². The number of halogens is 1. The molecule has 25 heteroatoms. The van der Waals surface area contributed by atoms with Gasteiger partial charge in [0.25, 0.3) is 0 Å². The number of amides is 2. The van der Waals surface area contributed by atoms with E-state index in [-0.39, 0.29) is 32.1 Å². The number of nitrogens with one attached hydrogen (secondary N) is 3. The number of imidazole rings is 2. The average molecular weight is 1050 g/mol. The SMILES string of the molecule is C.C.COc1cc(-n2cnc(Nc3nc(Cl)nc4ncccc34)c2)cc(OC)c1OC.COc1cc(-n2cnc(Nc3nc(N4CCC[C@H]4C(N)=O)nc4ncccc34)c2)cc(OC)c1OC.NC(=O)[C@@H]1CCCN1. The molecule has 2 saturated heterocycles. The van der Waals surface area contributed by atoms with Crippen LogP contribution >= 0.6 is 11.6 Å². The van der Waals surface area contributed by atoms with E-state index in [4.69, 9.17) is 56.5 Å². The van der Waals surface area contributed by atoms with Gasteiger partial charge in [0.15, 0.2) is 34.3 Å². The molecule has 0 radical (unpaired) electrons. The van der Waals surface area contributed by atoms with Gasteiger partial charge in [0.1, 0.15) is 42.0 Å². The minimum absolute atomic E-state index is 0. The van der Waals surface area contributed by atoms with Crippen molar-refractivity contribution in [3.8, 4) is 45.9 Å². The molecule has 0 aliphatic carbocycles. The Morgan fingerprint density at radius 1 is 0.640 bits per heavy atom. The first-order valence-electron chi connectivity index (χ1n) is 22.7. The standard InChI is InChI=1S/C24H26N8O4.C19H17ClN6O3.C5H10N2O.2CH4/c1-34-17-10-14(11-18(35-2)20(17)36-3)31-12-19(27-13-31)28-23-15-6-4-8-26-22(15)29-24(30-23)32-9-5-7-16(32)21(25)33;1-27-13-7-11(8-14(28-2)16(13)29-3)26-9-15(22-10-26)23-18-12-5-4-6-21-17(12)24-19(20)25-18;6-5(8)4-2-1-3-7-4;;/h4,6,8,10-13,16H,5,7,9H2,1-3H3,(H2,25,33)(H,26,28,29,30);4-10H,1-3H3,(H,21,23,24,25);4,7H,1-3H2,(H2,6,8);2*1H4/t16-;;4-;;/m0.0../s1. The number of carbonyl (C=O) groups excluding carboxylic acids is 2. The summed E-state index contributed by atoms with van der Waals surface area (Å²) in [5.74, 6) is 5.12. The Morgan fingerprint density at radius 3 is 1.56 bits per heavy atom. The van der Waals surface area contributed by atoms with Crippen LogP contribution in [0.1, 0.15) is 40.5 Å². The van der Waals surface area contributed by atoms with Crippen LogP contribution in [-0.2, 0) is 9.59 Å². The first-order chi connectivity index (χ1) is 35.4. The number of pyridine rings is 2. The molecule has 2 atom stereocenters. The fourth-order valence-corrected chi connectivity index (χ4v) is 8.33. The van der Waals surface area contributed by atoms with Gasteiger partial charge in [0.2, 0.25) is 34.5 Å².